The van der Waals surface area contributed by atoms with Gasteiger partial charge in [0.15, 0.2) is 15.0 Å². The molecule has 2 heterocycles. The van der Waals surface area contributed by atoms with Crippen molar-refractivity contribution in [2.24, 2.45) is 4.99 Å². The van der Waals surface area contributed by atoms with E-state index in [1.54, 1.807) is 29.2 Å². The summed E-state index contributed by atoms with van der Waals surface area (Å²) in [4.78, 5) is 28.5. The highest BCUT2D eigenvalue weighted by Gasteiger charge is 2.49. The number of thioether (sulfide) groups is 1. The fraction of sp³-hybridized carbons (Fsp3) is 0.438. The number of hydrogen-bond donors (Lipinski definition) is 1. The van der Waals surface area contributed by atoms with E-state index >= 15 is 0 Å². The van der Waals surface area contributed by atoms with Crippen LogP contribution in [0, 0.1) is 0 Å². The van der Waals surface area contributed by atoms with E-state index in [0.29, 0.717) is 15.9 Å². The molecule has 2 fully saturated rings. The molecule has 1 N–H and O–H groups in total. The Hall–Kier alpha value is -1.58. The molecule has 7 nitrogen and oxygen atoms in total. The van der Waals surface area contributed by atoms with Crippen molar-refractivity contribution in [1.29, 1.82) is 0 Å². The minimum atomic E-state index is -3.15. The van der Waals surface area contributed by atoms with Gasteiger partial charge in [0.25, 0.3) is 0 Å². The SMILES string of the molecule is O=C(O)CCCC(=O)N=C1S[C@@H]2CS(=O)(=O)C[C@@H]2N1c1ccccc1Cl. The fourth-order valence-corrected chi connectivity index (χ4v) is 7.20. The maximum atomic E-state index is 12.1. The zero-order valence-corrected chi connectivity index (χ0v) is 16.1. The second-order valence-corrected chi connectivity index (χ2v) is 9.92. The first-order chi connectivity index (χ1) is 12.3. The first-order valence-corrected chi connectivity index (χ1v) is 11.1. The van der Waals surface area contributed by atoms with E-state index in [2.05, 4.69) is 4.99 Å². The highest BCUT2D eigenvalue weighted by molar-refractivity contribution is 8.16. The maximum Gasteiger partial charge on any atom is 0.303 e. The quantitative estimate of drug-likeness (QED) is 0.784. The Balaban J connectivity index is 1.87. The van der Waals surface area contributed by atoms with Crippen LogP contribution in [0.15, 0.2) is 29.3 Å². The molecule has 0 spiro atoms. The molecule has 0 bridgehead atoms. The Morgan fingerprint density at radius 2 is 2.00 bits per heavy atom. The van der Waals surface area contributed by atoms with Crippen LogP contribution in [-0.2, 0) is 19.4 Å². The second-order valence-electron chi connectivity index (χ2n) is 6.16. The van der Waals surface area contributed by atoms with Crippen molar-refractivity contribution in [3.63, 3.8) is 0 Å². The van der Waals surface area contributed by atoms with Gasteiger partial charge in [-0.15, -0.1) is 0 Å². The summed E-state index contributed by atoms with van der Waals surface area (Å²) < 4.78 is 24.0. The molecule has 26 heavy (non-hydrogen) atoms. The van der Waals surface area contributed by atoms with Crippen LogP contribution in [0.3, 0.4) is 0 Å². The number of carbonyl (C=O) groups excluding carboxylic acids is 1. The van der Waals surface area contributed by atoms with E-state index in [0.717, 1.165) is 0 Å². The van der Waals surface area contributed by atoms with Gasteiger partial charge in [0.1, 0.15) is 0 Å². The predicted molar refractivity (Wildman–Crippen MR) is 102 cm³/mol. The summed E-state index contributed by atoms with van der Waals surface area (Å²) in [6, 6.07) is 6.70. The molecular weight excluding hydrogens is 400 g/mol. The van der Waals surface area contributed by atoms with Gasteiger partial charge in [-0.05, 0) is 18.6 Å². The standard InChI is InChI=1S/C16H17ClN2O5S2/c17-10-4-1-2-5-11(10)19-12-8-26(23,24)9-13(12)25-16(19)18-14(20)6-3-7-15(21)22/h1-2,4-5,12-13H,3,6-9H2,(H,21,22)/t12-,13+/m0/s1. The number of para-hydroxylation sites is 1. The van der Waals surface area contributed by atoms with Gasteiger partial charge in [-0.2, -0.15) is 4.99 Å². The Morgan fingerprint density at radius 1 is 1.27 bits per heavy atom. The van der Waals surface area contributed by atoms with Crippen molar-refractivity contribution >= 4 is 55.9 Å². The lowest BCUT2D eigenvalue weighted by molar-refractivity contribution is -0.137. The van der Waals surface area contributed by atoms with Crippen LogP contribution >= 0.6 is 23.4 Å². The first-order valence-electron chi connectivity index (χ1n) is 8.01. The number of aliphatic carboxylic acids is 1. The van der Waals surface area contributed by atoms with Gasteiger partial charge < -0.3 is 10.0 Å². The number of anilines is 1. The maximum absolute atomic E-state index is 12.1. The number of hydrogen-bond acceptors (Lipinski definition) is 5. The molecule has 140 valence electrons. The number of carboxylic acids is 1. The van der Waals surface area contributed by atoms with Crippen molar-refractivity contribution in [3.05, 3.63) is 29.3 Å². The summed E-state index contributed by atoms with van der Waals surface area (Å²) in [6.07, 6.45) is 0.144. The van der Waals surface area contributed by atoms with Gasteiger partial charge >= 0.3 is 5.97 Å². The average molecular weight is 417 g/mol. The van der Waals surface area contributed by atoms with Crippen molar-refractivity contribution in [3.8, 4) is 0 Å². The summed E-state index contributed by atoms with van der Waals surface area (Å²) in [5.41, 5.74) is 0.614. The molecule has 0 aromatic heterocycles. The Kier molecular flexibility index (Phi) is 5.59. The Labute approximate surface area is 160 Å². The lowest BCUT2D eigenvalue weighted by Gasteiger charge is -2.25. The molecule has 0 aliphatic carbocycles. The summed E-state index contributed by atoms with van der Waals surface area (Å²) in [5, 5.41) is 9.32. The van der Waals surface area contributed by atoms with E-state index in [-0.39, 0.29) is 42.1 Å². The molecule has 10 heteroatoms. The number of carbonyl (C=O) groups is 2. The van der Waals surface area contributed by atoms with Gasteiger partial charge in [-0.3, -0.25) is 9.59 Å². The predicted octanol–water partition coefficient (Wildman–Crippen LogP) is 2.20. The second kappa shape index (κ2) is 7.58. The molecule has 2 atom stereocenters. The lowest BCUT2D eigenvalue weighted by atomic mass is 10.2. The van der Waals surface area contributed by atoms with Crippen molar-refractivity contribution in [1.82, 2.24) is 0 Å². The molecule has 2 saturated heterocycles. The van der Waals surface area contributed by atoms with E-state index in [4.69, 9.17) is 16.7 Å². The van der Waals surface area contributed by atoms with Crippen LogP contribution in [0.2, 0.25) is 5.02 Å². The number of amides is 1. The molecule has 3 rings (SSSR count). The van der Waals surface area contributed by atoms with E-state index < -0.39 is 21.7 Å². The number of sulfone groups is 1. The molecule has 0 unspecified atom stereocenters. The first kappa shape index (κ1) is 19.2. The lowest BCUT2D eigenvalue weighted by Crippen LogP contribution is -2.37. The summed E-state index contributed by atoms with van der Waals surface area (Å²) in [6.45, 7) is 0. The number of nitrogens with zero attached hydrogens (tertiary/aromatic N) is 2. The molecule has 0 radical (unpaired) electrons. The van der Waals surface area contributed by atoms with E-state index in [1.165, 1.54) is 11.8 Å². The van der Waals surface area contributed by atoms with Gasteiger partial charge in [0.05, 0.1) is 28.3 Å². The number of rotatable bonds is 5. The number of amidine groups is 1. The van der Waals surface area contributed by atoms with Crippen LogP contribution in [0.25, 0.3) is 0 Å². The van der Waals surface area contributed by atoms with Crippen LogP contribution in [-0.4, -0.2) is 53.4 Å². The van der Waals surface area contributed by atoms with Gasteiger partial charge in [0.2, 0.25) is 5.91 Å². The van der Waals surface area contributed by atoms with Crippen LogP contribution in [0.4, 0.5) is 5.69 Å². The fourth-order valence-electron chi connectivity index (χ4n) is 3.05. The zero-order valence-electron chi connectivity index (χ0n) is 13.7. The largest absolute Gasteiger partial charge is 0.481 e. The third-order valence-electron chi connectivity index (χ3n) is 4.18. The number of benzene rings is 1. The summed E-state index contributed by atoms with van der Waals surface area (Å²) >= 11 is 7.54. The smallest absolute Gasteiger partial charge is 0.303 e. The van der Waals surface area contributed by atoms with E-state index in [9.17, 15) is 18.0 Å². The van der Waals surface area contributed by atoms with Crippen molar-refractivity contribution < 1.29 is 23.1 Å². The molecule has 2 aliphatic heterocycles. The number of fused-ring (bicyclic) bond motifs is 1. The van der Waals surface area contributed by atoms with Crippen LogP contribution < -0.4 is 4.90 Å². The summed E-state index contributed by atoms with van der Waals surface area (Å²) in [7, 11) is -3.15. The minimum Gasteiger partial charge on any atom is -0.481 e. The number of carboxylic acid groups (broad SMARTS) is 1. The van der Waals surface area contributed by atoms with Gasteiger partial charge in [0, 0.05) is 18.1 Å². The molecule has 0 saturated carbocycles. The Bertz CT molecular complexity index is 871. The highest BCUT2D eigenvalue weighted by Crippen LogP contribution is 2.42. The van der Waals surface area contributed by atoms with Crippen LogP contribution in [0.1, 0.15) is 19.3 Å². The van der Waals surface area contributed by atoms with Crippen LogP contribution in [0.5, 0.6) is 0 Å². The highest BCUT2D eigenvalue weighted by atomic mass is 35.5. The average Bonchev–Trinajstić information content (AvgIpc) is 2.98. The zero-order chi connectivity index (χ0) is 18.9. The molecule has 1 aromatic carbocycles. The number of aliphatic imine (C=N–C) groups is 1. The number of halogens is 1. The topological polar surface area (TPSA) is 104 Å². The van der Waals surface area contributed by atoms with Gasteiger partial charge in [-0.1, -0.05) is 35.5 Å². The third kappa shape index (κ3) is 4.21. The third-order valence-corrected chi connectivity index (χ3v) is 7.71. The van der Waals surface area contributed by atoms with E-state index in [1.807, 2.05) is 0 Å². The summed E-state index contributed by atoms with van der Waals surface area (Å²) in [5.74, 6) is -1.36. The normalized spacial score (nSPS) is 25.4. The molecule has 1 amide bonds. The molecule has 2 aliphatic rings. The Morgan fingerprint density at radius 3 is 2.69 bits per heavy atom. The van der Waals surface area contributed by atoms with Gasteiger partial charge in [-0.25, -0.2) is 8.42 Å². The van der Waals surface area contributed by atoms with Crippen molar-refractivity contribution in [2.75, 3.05) is 16.4 Å². The molecular formula is C16H17ClN2O5S2. The minimum absolute atomic E-state index is 0.0118. The molecule has 1 aromatic rings. The van der Waals surface area contributed by atoms with Crippen molar-refractivity contribution in [2.45, 2.75) is 30.6 Å². The monoisotopic (exact) mass is 416 g/mol.